The van der Waals surface area contributed by atoms with E-state index in [1.165, 1.54) is 19.3 Å². The maximum Gasteiger partial charge on any atom is 0.278 e. The first-order valence-corrected chi connectivity index (χ1v) is 13.3. The summed E-state index contributed by atoms with van der Waals surface area (Å²) in [7, 11) is 0. The number of hydrazone groups is 1. The second-order valence-corrected chi connectivity index (χ2v) is 10.0. The number of aliphatic hydroxyl groups excluding tert-OH is 1. The SMILES string of the molecule is Cc1ncc(NC(=O)CCCC2CCC[C@@H]2C)cc1NC(=O)C(=NN)c1ccc(-c2ccn(CCO)n2)cn1. The number of carbonyl (C=O) groups is 2. The van der Waals surface area contributed by atoms with Crippen LogP contribution in [0, 0.1) is 18.8 Å². The summed E-state index contributed by atoms with van der Waals surface area (Å²) in [6.07, 6.45) is 11.1. The molecule has 4 rings (SSSR count). The third-order valence-corrected chi connectivity index (χ3v) is 7.25. The molecule has 206 valence electrons. The fourth-order valence-corrected chi connectivity index (χ4v) is 4.98. The van der Waals surface area contributed by atoms with Gasteiger partial charge in [0.1, 0.15) is 0 Å². The van der Waals surface area contributed by atoms with Gasteiger partial charge in [-0.1, -0.05) is 26.2 Å². The van der Waals surface area contributed by atoms with Gasteiger partial charge >= 0.3 is 0 Å². The minimum Gasteiger partial charge on any atom is -0.394 e. The van der Waals surface area contributed by atoms with Gasteiger partial charge in [0.15, 0.2) is 5.71 Å². The van der Waals surface area contributed by atoms with E-state index in [9.17, 15) is 9.59 Å². The highest BCUT2D eigenvalue weighted by molar-refractivity contribution is 6.48. The quantitative estimate of drug-likeness (QED) is 0.167. The minimum absolute atomic E-state index is 0.00616. The van der Waals surface area contributed by atoms with Gasteiger partial charge in [-0.05, 0) is 55.9 Å². The number of nitrogens with zero attached hydrogens (tertiary/aromatic N) is 5. The number of amides is 2. The van der Waals surface area contributed by atoms with E-state index in [1.54, 1.807) is 48.4 Å². The van der Waals surface area contributed by atoms with Gasteiger partial charge in [-0.15, -0.1) is 0 Å². The molecule has 11 nitrogen and oxygen atoms in total. The monoisotopic (exact) mass is 532 g/mol. The van der Waals surface area contributed by atoms with Crippen molar-refractivity contribution in [3.8, 4) is 11.3 Å². The molecule has 0 spiro atoms. The zero-order valence-corrected chi connectivity index (χ0v) is 22.4. The molecule has 11 heteroatoms. The number of rotatable bonds is 11. The van der Waals surface area contributed by atoms with E-state index in [2.05, 4.69) is 37.7 Å². The first-order valence-electron chi connectivity index (χ1n) is 13.3. The molecule has 3 heterocycles. The number of hydrogen-bond donors (Lipinski definition) is 4. The standard InChI is InChI=1S/C28H36N8O3/c1-18-5-3-6-20(18)7-4-8-26(38)32-22-15-25(19(2)30-17-22)33-28(39)27(34-29)24-10-9-21(16-31-24)23-11-12-36(35-23)13-14-37/h9-12,15-18,20,37H,3-8,13-14,29H2,1-2H3,(H,32,38)(H,33,39)/t18-,20?/m0/s1. The van der Waals surface area contributed by atoms with Crippen LogP contribution < -0.4 is 16.5 Å². The van der Waals surface area contributed by atoms with E-state index in [1.807, 2.05) is 6.07 Å². The fraction of sp³-hybridized carbons (Fsp3) is 0.429. The number of nitrogens with one attached hydrogen (secondary N) is 2. The van der Waals surface area contributed by atoms with Crippen LogP contribution in [0.25, 0.3) is 11.3 Å². The molecule has 0 bridgehead atoms. The van der Waals surface area contributed by atoms with Crippen LogP contribution in [0.3, 0.4) is 0 Å². The van der Waals surface area contributed by atoms with E-state index in [4.69, 9.17) is 10.9 Å². The van der Waals surface area contributed by atoms with E-state index in [0.717, 1.165) is 30.2 Å². The summed E-state index contributed by atoms with van der Waals surface area (Å²) < 4.78 is 1.63. The van der Waals surface area contributed by atoms with E-state index >= 15 is 0 Å². The predicted octanol–water partition coefficient (Wildman–Crippen LogP) is 3.49. The van der Waals surface area contributed by atoms with Gasteiger partial charge in [-0.25, -0.2) is 0 Å². The third kappa shape index (κ3) is 7.26. The van der Waals surface area contributed by atoms with Crippen LogP contribution in [-0.2, 0) is 16.1 Å². The summed E-state index contributed by atoms with van der Waals surface area (Å²) in [5.74, 6) is 6.40. The second kappa shape index (κ2) is 13.1. The van der Waals surface area contributed by atoms with Crippen molar-refractivity contribution in [1.29, 1.82) is 0 Å². The average Bonchev–Trinajstić information content (AvgIpc) is 3.56. The molecule has 0 radical (unpaired) electrons. The summed E-state index contributed by atoms with van der Waals surface area (Å²) >= 11 is 0. The number of carbonyl (C=O) groups excluding carboxylic acids is 2. The van der Waals surface area contributed by atoms with Gasteiger partial charge in [0.25, 0.3) is 5.91 Å². The number of aryl methyl sites for hydroxylation is 1. The number of anilines is 2. The van der Waals surface area contributed by atoms with Crippen molar-refractivity contribution in [2.24, 2.45) is 22.8 Å². The highest BCUT2D eigenvalue weighted by atomic mass is 16.3. The number of pyridine rings is 2. The third-order valence-electron chi connectivity index (χ3n) is 7.25. The van der Waals surface area contributed by atoms with Gasteiger partial charge in [0, 0.05) is 24.4 Å². The topological polar surface area (TPSA) is 160 Å². The molecule has 3 aromatic heterocycles. The van der Waals surface area contributed by atoms with Crippen LogP contribution in [-0.4, -0.2) is 49.0 Å². The average molecular weight is 533 g/mol. The Hall–Kier alpha value is -4.12. The van der Waals surface area contributed by atoms with Crippen LogP contribution in [0.2, 0.25) is 0 Å². The molecule has 3 aromatic rings. The van der Waals surface area contributed by atoms with Gasteiger partial charge < -0.3 is 21.6 Å². The van der Waals surface area contributed by atoms with Crippen LogP contribution in [0.5, 0.6) is 0 Å². The molecule has 1 unspecified atom stereocenters. The van der Waals surface area contributed by atoms with Crippen LogP contribution in [0.15, 0.2) is 48.0 Å². The van der Waals surface area contributed by atoms with Crippen molar-refractivity contribution < 1.29 is 14.7 Å². The molecule has 1 saturated carbocycles. The minimum atomic E-state index is -0.552. The fourth-order valence-electron chi connectivity index (χ4n) is 4.98. The summed E-state index contributed by atoms with van der Waals surface area (Å²) in [5, 5.41) is 22.8. The smallest absolute Gasteiger partial charge is 0.278 e. The number of hydrogen-bond acceptors (Lipinski definition) is 8. The Labute approximate surface area is 227 Å². The van der Waals surface area contributed by atoms with Gasteiger partial charge in [-0.2, -0.15) is 10.2 Å². The lowest BCUT2D eigenvalue weighted by Crippen LogP contribution is -2.26. The van der Waals surface area contributed by atoms with E-state index in [0.29, 0.717) is 41.4 Å². The van der Waals surface area contributed by atoms with Crippen molar-refractivity contribution >= 4 is 28.9 Å². The highest BCUT2D eigenvalue weighted by Crippen LogP contribution is 2.34. The van der Waals surface area contributed by atoms with E-state index < -0.39 is 5.91 Å². The van der Waals surface area contributed by atoms with E-state index in [-0.39, 0.29) is 18.2 Å². The van der Waals surface area contributed by atoms with Crippen molar-refractivity contribution in [2.45, 2.75) is 58.9 Å². The van der Waals surface area contributed by atoms with Crippen molar-refractivity contribution in [3.63, 3.8) is 0 Å². The lowest BCUT2D eigenvalue weighted by Gasteiger charge is -2.15. The number of aliphatic hydroxyl groups is 1. The summed E-state index contributed by atoms with van der Waals surface area (Å²) in [5.41, 5.74) is 3.19. The Morgan fingerprint density at radius 3 is 2.72 bits per heavy atom. The Morgan fingerprint density at radius 1 is 1.18 bits per heavy atom. The molecule has 0 aliphatic heterocycles. The zero-order valence-electron chi connectivity index (χ0n) is 22.4. The van der Waals surface area contributed by atoms with Crippen molar-refractivity contribution in [3.05, 3.63) is 54.2 Å². The zero-order chi connectivity index (χ0) is 27.8. The van der Waals surface area contributed by atoms with Crippen LogP contribution in [0.4, 0.5) is 11.4 Å². The van der Waals surface area contributed by atoms with Crippen LogP contribution in [0.1, 0.15) is 56.8 Å². The number of nitrogens with two attached hydrogens (primary N) is 1. The molecule has 39 heavy (non-hydrogen) atoms. The molecule has 2 atom stereocenters. The Kier molecular flexibility index (Phi) is 9.37. The molecule has 5 N–H and O–H groups in total. The van der Waals surface area contributed by atoms with Crippen molar-refractivity contribution in [1.82, 2.24) is 19.7 Å². The lowest BCUT2D eigenvalue weighted by molar-refractivity contribution is -0.116. The largest absolute Gasteiger partial charge is 0.394 e. The molecule has 0 saturated heterocycles. The van der Waals surface area contributed by atoms with Gasteiger partial charge in [0.2, 0.25) is 5.91 Å². The predicted molar refractivity (Wildman–Crippen MR) is 150 cm³/mol. The summed E-state index contributed by atoms with van der Waals surface area (Å²) in [4.78, 5) is 34.2. The lowest BCUT2D eigenvalue weighted by atomic mass is 9.92. The molecule has 0 aromatic carbocycles. The first-order chi connectivity index (χ1) is 18.9. The van der Waals surface area contributed by atoms with Crippen molar-refractivity contribution in [2.75, 3.05) is 17.2 Å². The Balaban J connectivity index is 1.36. The summed E-state index contributed by atoms with van der Waals surface area (Å²) in [6, 6.07) is 6.89. The molecular formula is C28H36N8O3. The molecule has 1 fully saturated rings. The van der Waals surface area contributed by atoms with Crippen LogP contribution >= 0.6 is 0 Å². The molecule has 1 aliphatic rings. The Morgan fingerprint density at radius 2 is 2.03 bits per heavy atom. The molecular weight excluding hydrogens is 496 g/mol. The summed E-state index contributed by atoms with van der Waals surface area (Å²) in [6.45, 7) is 4.45. The molecule has 2 amide bonds. The van der Waals surface area contributed by atoms with Gasteiger partial charge in [-0.3, -0.25) is 24.2 Å². The maximum absolute atomic E-state index is 13.0. The Bertz CT molecular complexity index is 1320. The molecule has 1 aliphatic carbocycles. The number of aromatic nitrogens is 4. The van der Waals surface area contributed by atoms with Gasteiger partial charge in [0.05, 0.1) is 47.8 Å². The normalized spacial score (nSPS) is 17.3. The second-order valence-electron chi connectivity index (χ2n) is 10.0. The first kappa shape index (κ1) is 27.9. The maximum atomic E-state index is 13.0. The highest BCUT2D eigenvalue weighted by Gasteiger charge is 2.23.